The van der Waals surface area contributed by atoms with Gasteiger partial charge >= 0.3 is 5.97 Å². The summed E-state index contributed by atoms with van der Waals surface area (Å²) in [6.07, 6.45) is 3.42. The van der Waals surface area contributed by atoms with E-state index < -0.39 is 5.97 Å². The first kappa shape index (κ1) is 19.0. The van der Waals surface area contributed by atoms with Gasteiger partial charge in [0.15, 0.2) is 0 Å². The van der Waals surface area contributed by atoms with Gasteiger partial charge in [-0.2, -0.15) is 0 Å². The van der Waals surface area contributed by atoms with Crippen molar-refractivity contribution in [2.45, 2.75) is 6.54 Å². The number of anilines is 2. The molecule has 2 aromatic heterocycles. The van der Waals surface area contributed by atoms with Crippen molar-refractivity contribution < 1.29 is 13.9 Å². The van der Waals surface area contributed by atoms with Crippen LogP contribution in [0, 0.1) is 5.82 Å². The normalized spacial score (nSPS) is 10.9. The molecule has 7 heteroatoms. The molecule has 0 aliphatic carbocycles. The monoisotopic (exact) mass is 409 g/mol. The number of aromatic nitrogens is 2. The second-order valence-corrected chi connectivity index (χ2v) is 6.95. The number of pyridine rings is 1. The van der Waals surface area contributed by atoms with Crippen molar-refractivity contribution >= 4 is 40.0 Å². The molecule has 0 bridgehead atoms. The molecule has 0 amide bonds. The van der Waals surface area contributed by atoms with Crippen LogP contribution in [-0.2, 0) is 11.3 Å². The summed E-state index contributed by atoms with van der Waals surface area (Å²) in [6.45, 7) is 0.569. The van der Waals surface area contributed by atoms with E-state index in [1.165, 1.54) is 31.5 Å². The Kier molecular flexibility index (Phi) is 5.18. The zero-order valence-corrected chi connectivity index (χ0v) is 16.3. The molecular formula is C22H17ClFN3O2. The Morgan fingerprint density at radius 3 is 2.86 bits per heavy atom. The smallest absolute Gasteiger partial charge is 0.341 e. The van der Waals surface area contributed by atoms with Crippen molar-refractivity contribution in [2.75, 3.05) is 12.4 Å². The van der Waals surface area contributed by atoms with E-state index in [4.69, 9.17) is 16.3 Å². The molecule has 29 heavy (non-hydrogen) atoms. The van der Waals surface area contributed by atoms with Crippen molar-refractivity contribution in [1.82, 2.24) is 9.55 Å². The van der Waals surface area contributed by atoms with E-state index in [0.717, 1.165) is 22.2 Å². The number of rotatable bonds is 5. The minimum atomic E-state index is -0.523. The first-order chi connectivity index (χ1) is 14.0. The third-order valence-corrected chi connectivity index (χ3v) is 4.74. The van der Waals surface area contributed by atoms with Gasteiger partial charge in [0.2, 0.25) is 0 Å². The molecule has 0 aliphatic rings. The molecule has 2 heterocycles. The highest BCUT2D eigenvalue weighted by atomic mass is 35.5. The fourth-order valence-electron chi connectivity index (χ4n) is 3.19. The van der Waals surface area contributed by atoms with Gasteiger partial charge in [-0.25, -0.2) is 14.2 Å². The lowest BCUT2D eigenvalue weighted by Gasteiger charge is -2.11. The molecule has 0 saturated heterocycles. The van der Waals surface area contributed by atoms with E-state index in [1.807, 2.05) is 41.1 Å². The fourth-order valence-corrected chi connectivity index (χ4v) is 3.35. The van der Waals surface area contributed by atoms with Crippen LogP contribution >= 0.6 is 11.6 Å². The largest absolute Gasteiger partial charge is 0.465 e. The number of nitrogens with zero attached hydrogens (tertiary/aromatic N) is 2. The van der Waals surface area contributed by atoms with Crippen LogP contribution in [0.2, 0.25) is 5.02 Å². The molecule has 5 nitrogen and oxygen atoms in total. The molecular weight excluding hydrogens is 393 g/mol. The lowest BCUT2D eigenvalue weighted by atomic mass is 10.2. The molecule has 0 aliphatic heterocycles. The number of carbonyl (C=O) groups is 1. The summed E-state index contributed by atoms with van der Waals surface area (Å²) in [6, 6.07) is 15.9. The molecule has 146 valence electrons. The molecule has 0 atom stereocenters. The minimum Gasteiger partial charge on any atom is -0.465 e. The van der Waals surface area contributed by atoms with Crippen LogP contribution in [0.3, 0.4) is 0 Å². The van der Waals surface area contributed by atoms with Gasteiger partial charge in [0, 0.05) is 35.5 Å². The Morgan fingerprint density at radius 2 is 2.07 bits per heavy atom. The number of halogens is 2. The van der Waals surface area contributed by atoms with Crippen molar-refractivity contribution in [1.29, 1.82) is 0 Å². The van der Waals surface area contributed by atoms with E-state index in [9.17, 15) is 9.18 Å². The van der Waals surface area contributed by atoms with Crippen molar-refractivity contribution in [3.05, 3.63) is 89.0 Å². The Hall–Kier alpha value is -3.38. The Morgan fingerprint density at radius 1 is 1.21 bits per heavy atom. The number of ether oxygens (including phenoxy) is 1. The summed E-state index contributed by atoms with van der Waals surface area (Å²) in [5, 5.41) is 4.49. The topological polar surface area (TPSA) is 56.1 Å². The quantitative estimate of drug-likeness (QED) is 0.448. The zero-order chi connectivity index (χ0) is 20.4. The zero-order valence-electron chi connectivity index (χ0n) is 15.5. The van der Waals surface area contributed by atoms with Crippen LogP contribution in [0.1, 0.15) is 15.9 Å². The lowest BCUT2D eigenvalue weighted by molar-refractivity contribution is 0.0601. The minimum absolute atomic E-state index is 0.248. The summed E-state index contributed by atoms with van der Waals surface area (Å²) in [4.78, 5) is 16.2. The summed E-state index contributed by atoms with van der Waals surface area (Å²) in [7, 11) is 1.31. The molecule has 1 N–H and O–H groups in total. The average Bonchev–Trinajstić information content (AvgIpc) is 3.10. The standard InChI is InChI=1S/C22H17ClFN3O2/c1-29-22(28)19-11-16(23)12-25-21(19)26-18-5-6-20-15(10-18)7-8-27(20)13-14-3-2-4-17(24)9-14/h2-12H,13H2,1H3,(H,25,26). The second kappa shape index (κ2) is 7.93. The highest BCUT2D eigenvalue weighted by Crippen LogP contribution is 2.26. The molecule has 0 spiro atoms. The third kappa shape index (κ3) is 4.07. The number of nitrogens with one attached hydrogen (secondary N) is 1. The van der Waals surface area contributed by atoms with Crippen molar-refractivity contribution in [3.63, 3.8) is 0 Å². The molecule has 4 rings (SSSR count). The Balaban J connectivity index is 1.62. The molecule has 2 aromatic carbocycles. The predicted octanol–water partition coefficient (Wildman–Crippen LogP) is 5.41. The molecule has 0 unspecified atom stereocenters. The van der Waals surface area contributed by atoms with Crippen LogP contribution < -0.4 is 5.32 Å². The van der Waals surface area contributed by atoms with E-state index in [2.05, 4.69) is 10.3 Å². The van der Waals surface area contributed by atoms with Crippen molar-refractivity contribution in [2.24, 2.45) is 0 Å². The number of hydrogen-bond acceptors (Lipinski definition) is 4. The molecule has 0 saturated carbocycles. The molecule has 0 radical (unpaired) electrons. The number of benzene rings is 2. The predicted molar refractivity (Wildman–Crippen MR) is 111 cm³/mol. The maximum absolute atomic E-state index is 13.4. The van der Waals surface area contributed by atoms with Gasteiger partial charge in [-0.05, 0) is 48.0 Å². The van der Waals surface area contributed by atoms with Crippen LogP contribution in [0.5, 0.6) is 0 Å². The van der Waals surface area contributed by atoms with Gasteiger partial charge in [-0.1, -0.05) is 23.7 Å². The first-order valence-electron chi connectivity index (χ1n) is 8.88. The highest BCUT2D eigenvalue weighted by Gasteiger charge is 2.15. The SMILES string of the molecule is COC(=O)c1cc(Cl)cnc1Nc1ccc2c(ccn2Cc2cccc(F)c2)c1. The Bertz CT molecular complexity index is 1210. The number of carbonyl (C=O) groups excluding carboxylic acids is 1. The summed E-state index contributed by atoms with van der Waals surface area (Å²) in [5.41, 5.74) is 2.92. The average molecular weight is 410 g/mol. The molecule has 4 aromatic rings. The number of hydrogen-bond donors (Lipinski definition) is 1. The van der Waals surface area contributed by atoms with Gasteiger partial charge in [0.1, 0.15) is 17.2 Å². The fraction of sp³-hybridized carbons (Fsp3) is 0.0909. The first-order valence-corrected chi connectivity index (χ1v) is 9.25. The third-order valence-electron chi connectivity index (χ3n) is 4.54. The maximum atomic E-state index is 13.4. The van der Waals surface area contributed by atoms with Gasteiger partial charge in [0.05, 0.1) is 12.1 Å². The van der Waals surface area contributed by atoms with Gasteiger partial charge in [0.25, 0.3) is 0 Å². The highest BCUT2D eigenvalue weighted by molar-refractivity contribution is 6.30. The van der Waals surface area contributed by atoms with Gasteiger partial charge in [-0.3, -0.25) is 0 Å². The summed E-state index contributed by atoms with van der Waals surface area (Å²) < 4.78 is 20.3. The lowest BCUT2D eigenvalue weighted by Crippen LogP contribution is -2.07. The van der Waals surface area contributed by atoms with Crippen LogP contribution in [0.15, 0.2) is 67.0 Å². The van der Waals surface area contributed by atoms with E-state index in [1.54, 1.807) is 6.07 Å². The van der Waals surface area contributed by atoms with E-state index in [0.29, 0.717) is 17.4 Å². The van der Waals surface area contributed by atoms with Crippen LogP contribution in [-0.4, -0.2) is 22.6 Å². The maximum Gasteiger partial charge on any atom is 0.341 e. The van der Waals surface area contributed by atoms with Crippen LogP contribution in [0.25, 0.3) is 10.9 Å². The Labute approximate surface area is 171 Å². The van der Waals surface area contributed by atoms with Crippen LogP contribution in [0.4, 0.5) is 15.9 Å². The molecule has 0 fully saturated rings. The summed E-state index contributed by atoms with van der Waals surface area (Å²) >= 11 is 5.95. The van der Waals surface area contributed by atoms with Crippen molar-refractivity contribution in [3.8, 4) is 0 Å². The van der Waals surface area contributed by atoms with Gasteiger partial charge in [-0.15, -0.1) is 0 Å². The summed E-state index contributed by atoms with van der Waals surface area (Å²) in [5.74, 6) is -0.410. The second-order valence-electron chi connectivity index (χ2n) is 6.51. The van der Waals surface area contributed by atoms with E-state index in [-0.39, 0.29) is 11.4 Å². The number of methoxy groups -OCH3 is 1. The number of esters is 1. The number of fused-ring (bicyclic) bond motifs is 1. The van der Waals surface area contributed by atoms with Gasteiger partial charge < -0.3 is 14.6 Å². The van der Waals surface area contributed by atoms with E-state index >= 15 is 0 Å².